The van der Waals surface area contributed by atoms with Crippen LogP contribution in [0.2, 0.25) is 0 Å². The Balaban J connectivity index is 1.42. The summed E-state index contributed by atoms with van der Waals surface area (Å²) in [6, 6.07) is 20.4. The average Bonchev–Trinajstić information content (AvgIpc) is 3.17. The molecule has 4 aromatic rings. The summed E-state index contributed by atoms with van der Waals surface area (Å²) >= 11 is 0. The number of aliphatic hydroxyl groups is 1. The second kappa shape index (κ2) is 8.26. The van der Waals surface area contributed by atoms with Gasteiger partial charge < -0.3 is 10.4 Å². The Morgan fingerprint density at radius 2 is 1.80 bits per heavy atom. The van der Waals surface area contributed by atoms with Gasteiger partial charge in [0.05, 0.1) is 12.6 Å². The molecule has 0 amide bonds. The first-order valence-electron chi connectivity index (χ1n) is 10.3. The van der Waals surface area contributed by atoms with Crippen LogP contribution in [0.4, 0.5) is 5.82 Å². The molecule has 0 fully saturated rings. The number of benzene rings is 2. The zero-order chi connectivity index (χ0) is 20.3. The summed E-state index contributed by atoms with van der Waals surface area (Å²) in [6.45, 7) is 2.84. The summed E-state index contributed by atoms with van der Waals surface area (Å²) < 4.78 is 1.92. The molecular formula is C24H25N5O. The van der Waals surface area contributed by atoms with Gasteiger partial charge in [0.25, 0.3) is 0 Å². The number of hydrogen-bond donors (Lipinski definition) is 2. The van der Waals surface area contributed by atoms with E-state index in [0.717, 1.165) is 43.0 Å². The number of anilines is 1. The van der Waals surface area contributed by atoms with Crippen LogP contribution < -0.4 is 5.32 Å². The Morgan fingerprint density at radius 3 is 2.57 bits per heavy atom. The average molecular weight is 399 g/mol. The number of fused-ring (bicyclic) bond motifs is 3. The molecule has 0 spiro atoms. The van der Waals surface area contributed by atoms with E-state index in [2.05, 4.69) is 56.8 Å². The van der Waals surface area contributed by atoms with Crippen molar-refractivity contribution in [1.29, 1.82) is 0 Å². The monoisotopic (exact) mass is 399 g/mol. The van der Waals surface area contributed by atoms with Gasteiger partial charge in [-0.25, -0.2) is 9.50 Å². The van der Waals surface area contributed by atoms with E-state index in [0.29, 0.717) is 0 Å². The topological polar surface area (TPSA) is 65.7 Å². The van der Waals surface area contributed by atoms with Crippen molar-refractivity contribution in [2.75, 3.05) is 18.5 Å². The second-order valence-electron chi connectivity index (χ2n) is 7.77. The molecular weight excluding hydrogens is 374 g/mol. The van der Waals surface area contributed by atoms with E-state index in [9.17, 15) is 5.11 Å². The minimum atomic E-state index is -0.214. The predicted octanol–water partition coefficient (Wildman–Crippen LogP) is 3.43. The number of hydrogen-bond acceptors (Lipinski definition) is 5. The van der Waals surface area contributed by atoms with Gasteiger partial charge in [0.2, 0.25) is 0 Å². The highest BCUT2D eigenvalue weighted by Crippen LogP contribution is 2.30. The van der Waals surface area contributed by atoms with Crippen LogP contribution in [0.15, 0.2) is 73.2 Å². The Hall–Kier alpha value is -3.22. The third kappa shape index (κ3) is 3.67. The van der Waals surface area contributed by atoms with Crippen LogP contribution in [0.1, 0.15) is 28.3 Å². The smallest absolute Gasteiger partial charge is 0.154 e. The van der Waals surface area contributed by atoms with Gasteiger partial charge in [-0.3, -0.25) is 4.90 Å². The van der Waals surface area contributed by atoms with E-state index in [-0.39, 0.29) is 12.6 Å². The molecule has 0 bridgehead atoms. The summed E-state index contributed by atoms with van der Waals surface area (Å²) in [5.41, 5.74) is 5.97. The van der Waals surface area contributed by atoms with Crippen molar-refractivity contribution in [3.8, 4) is 0 Å². The van der Waals surface area contributed by atoms with E-state index in [1.807, 2.05) is 34.8 Å². The molecule has 30 heavy (non-hydrogen) atoms. The lowest BCUT2D eigenvalue weighted by atomic mass is 10.0. The van der Waals surface area contributed by atoms with Crippen molar-refractivity contribution in [1.82, 2.24) is 19.5 Å². The largest absolute Gasteiger partial charge is 0.394 e. The predicted molar refractivity (Wildman–Crippen MR) is 117 cm³/mol. The molecule has 1 aliphatic rings. The van der Waals surface area contributed by atoms with Gasteiger partial charge in [-0.15, -0.1) is 0 Å². The third-order valence-electron chi connectivity index (χ3n) is 5.78. The summed E-state index contributed by atoms with van der Waals surface area (Å²) in [7, 11) is 0. The molecule has 2 aromatic carbocycles. The van der Waals surface area contributed by atoms with E-state index < -0.39 is 0 Å². The van der Waals surface area contributed by atoms with E-state index >= 15 is 0 Å². The van der Waals surface area contributed by atoms with Gasteiger partial charge in [0.15, 0.2) is 5.82 Å². The minimum Gasteiger partial charge on any atom is -0.394 e. The quantitative estimate of drug-likeness (QED) is 0.520. The van der Waals surface area contributed by atoms with Crippen LogP contribution in [0, 0.1) is 0 Å². The normalized spacial score (nSPS) is 15.1. The molecule has 2 aromatic heterocycles. The van der Waals surface area contributed by atoms with E-state index in [1.165, 1.54) is 16.7 Å². The van der Waals surface area contributed by atoms with Crippen LogP contribution in [-0.4, -0.2) is 37.8 Å². The molecule has 1 aliphatic heterocycles. The SMILES string of the molecule is OC[C@@H](Nc1ncnn2cc3c(c12)CCN(Cc1ccccc1)C3)c1ccccc1. The maximum atomic E-state index is 9.96. The molecule has 2 N–H and O–H groups in total. The summed E-state index contributed by atoms with van der Waals surface area (Å²) in [6.07, 6.45) is 4.64. The molecule has 152 valence electrons. The van der Waals surface area contributed by atoms with Gasteiger partial charge in [-0.2, -0.15) is 5.10 Å². The fourth-order valence-electron chi connectivity index (χ4n) is 4.30. The summed E-state index contributed by atoms with van der Waals surface area (Å²) in [5, 5.41) is 17.8. The van der Waals surface area contributed by atoms with Crippen molar-refractivity contribution >= 4 is 11.3 Å². The third-order valence-corrected chi connectivity index (χ3v) is 5.78. The van der Waals surface area contributed by atoms with Crippen LogP contribution in [0.25, 0.3) is 5.52 Å². The van der Waals surface area contributed by atoms with Crippen molar-refractivity contribution in [2.24, 2.45) is 0 Å². The van der Waals surface area contributed by atoms with Crippen molar-refractivity contribution in [3.05, 3.63) is 95.4 Å². The van der Waals surface area contributed by atoms with E-state index in [1.54, 1.807) is 6.33 Å². The number of nitrogens with zero attached hydrogens (tertiary/aromatic N) is 4. The molecule has 6 heteroatoms. The molecule has 6 nitrogen and oxygen atoms in total. The maximum Gasteiger partial charge on any atom is 0.154 e. The fraction of sp³-hybridized carbons (Fsp3) is 0.250. The highest BCUT2D eigenvalue weighted by Gasteiger charge is 2.24. The first kappa shape index (κ1) is 18.8. The zero-order valence-corrected chi connectivity index (χ0v) is 16.8. The Labute approximate surface area is 175 Å². The molecule has 0 saturated carbocycles. The fourth-order valence-corrected chi connectivity index (χ4v) is 4.30. The van der Waals surface area contributed by atoms with Crippen LogP contribution in [0.3, 0.4) is 0 Å². The summed E-state index contributed by atoms with van der Waals surface area (Å²) in [5.74, 6) is 0.769. The van der Waals surface area contributed by atoms with Crippen molar-refractivity contribution in [2.45, 2.75) is 25.6 Å². The Kier molecular flexibility index (Phi) is 5.17. The standard InChI is InChI=1S/C24H25N5O/c30-16-22(19-9-5-2-6-10-19)27-24-23-21-11-12-28(13-18-7-3-1-4-8-18)14-20(21)15-29(23)26-17-25-24/h1-10,15,17,22,30H,11-14,16H2,(H,25,26,27)/t22-/m1/s1. The minimum absolute atomic E-state index is 0.00602. The number of rotatable bonds is 6. The molecule has 0 saturated heterocycles. The number of aliphatic hydroxyl groups excluding tert-OH is 1. The first-order chi connectivity index (χ1) is 14.8. The van der Waals surface area contributed by atoms with Crippen LogP contribution in [-0.2, 0) is 19.5 Å². The van der Waals surface area contributed by atoms with Crippen molar-refractivity contribution in [3.63, 3.8) is 0 Å². The van der Waals surface area contributed by atoms with Gasteiger partial charge in [-0.1, -0.05) is 60.7 Å². The van der Waals surface area contributed by atoms with Crippen molar-refractivity contribution < 1.29 is 5.11 Å². The lowest BCUT2D eigenvalue weighted by Crippen LogP contribution is -2.29. The molecule has 0 unspecified atom stereocenters. The Bertz CT molecular complexity index is 1130. The van der Waals surface area contributed by atoms with Gasteiger partial charge in [0.1, 0.15) is 11.8 Å². The molecule has 3 heterocycles. The van der Waals surface area contributed by atoms with Crippen LogP contribution in [0.5, 0.6) is 0 Å². The molecule has 0 radical (unpaired) electrons. The van der Waals surface area contributed by atoms with Crippen LogP contribution >= 0.6 is 0 Å². The number of aromatic nitrogens is 3. The van der Waals surface area contributed by atoms with Gasteiger partial charge >= 0.3 is 0 Å². The van der Waals surface area contributed by atoms with E-state index in [4.69, 9.17) is 0 Å². The van der Waals surface area contributed by atoms with Gasteiger partial charge in [0, 0.05) is 25.8 Å². The summed E-state index contributed by atoms with van der Waals surface area (Å²) in [4.78, 5) is 6.99. The zero-order valence-electron chi connectivity index (χ0n) is 16.8. The molecule has 1 atom stereocenters. The number of nitrogens with one attached hydrogen (secondary N) is 1. The van der Waals surface area contributed by atoms with Gasteiger partial charge in [-0.05, 0) is 28.7 Å². The molecule has 0 aliphatic carbocycles. The first-order valence-corrected chi connectivity index (χ1v) is 10.3. The lowest BCUT2D eigenvalue weighted by Gasteiger charge is -2.27. The molecule has 5 rings (SSSR count). The second-order valence-corrected chi connectivity index (χ2v) is 7.77. The maximum absolute atomic E-state index is 9.96. The lowest BCUT2D eigenvalue weighted by molar-refractivity contribution is 0.246. The Morgan fingerprint density at radius 1 is 1.03 bits per heavy atom. The highest BCUT2D eigenvalue weighted by atomic mass is 16.3. The highest BCUT2D eigenvalue weighted by molar-refractivity contribution is 5.74.